The molecule has 2 N–H and O–H groups in total. The summed E-state index contributed by atoms with van der Waals surface area (Å²) in [5, 5.41) is 0. The van der Waals surface area contributed by atoms with E-state index in [2.05, 4.69) is 11.3 Å². The molecule has 0 bridgehead atoms. The first-order chi connectivity index (χ1) is 7.90. The van der Waals surface area contributed by atoms with Crippen LogP contribution in [-0.4, -0.2) is 6.54 Å². The van der Waals surface area contributed by atoms with Crippen LogP contribution >= 0.6 is 11.3 Å². The Morgan fingerprint density at radius 2 is 1.81 bits per heavy atom. The van der Waals surface area contributed by atoms with Gasteiger partial charge in [-0.05, 0) is 62.6 Å². The maximum atomic E-state index is 5.91. The molecular weight excluding hydrogens is 214 g/mol. The third-order valence-corrected chi connectivity index (χ3v) is 5.69. The maximum absolute atomic E-state index is 5.91. The minimum absolute atomic E-state index is 0.681. The van der Waals surface area contributed by atoms with Crippen molar-refractivity contribution in [1.29, 1.82) is 0 Å². The predicted octanol–water partition coefficient (Wildman–Crippen LogP) is 3.40. The Labute approximate surface area is 102 Å². The summed E-state index contributed by atoms with van der Waals surface area (Å²) in [6.45, 7) is 0.854. The van der Waals surface area contributed by atoms with Gasteiger partial charge < -0.3 is 5.73 Å². The van der Waals surface area contributed by atoms with E-state index in [1.54, 1.807) is 20.9 Å². The van der Waals surface area contributed by atoms with Gasteiger partial charge in [-0.1, -0.05) is 6.42 Å². The molecule has 0 saturated heterocycles. The van der Waals surface area contributed by atoms with Crippen LogP contribution in [0.2, 0.25) is 0 Å². The van der Waals surface area contributed by atoms with Gasteiger partial charge in [0.1, 0.15) is 0 Å². The van der Waals surface area contributed by atoms with E-state index in [0.29, 0.717) is 5.92 Å². The summed E-state index contributed by atoms with van der Waals surface area (Å²) in [6.07, 6.45) is 10.9. The predicted molar refractivity (Wildman–Crippen MR) is 70.3 cm³/mol. The van der Waals surface area contributed by atoms with Gasteiger partial charge in [0.25, 0.3) is 0 Å². The molecule has 1 aromatic heterocycles. The lowest BCUT2D eigenvalue weighted by molar-refractivity contribution is 0.568. The van der Waals surface area contributed by atoms with E-state index < -0.39 is 0 Å². The molecule has 0 aromatic carbocycles. The Morgan fingerprint density at radius 3 is 2.69 bits per heavy atom. The highest BCUT2D eigenvalue weighted by Crippen LogP contribution is 2.42. The first-order valence-corrected chi connectivity index (χ1v) is 7.55. The van der Waals surface area contributed by atoms with Crippen LogP contribution in [-0.2, 0) is 19.3 Å². The summed E-state index contributed by atoms with van der Waals surface area (Å²) in [7, 11) is 0. The minimum Gasteiger partial charge on any atom is -0.330 e. The number of rotatable bonds is 1. The highest BCUT2D eigenvalue weighted by atomic mass is 32.1. The van der Waals surface area contributed by atoms with Crippen molar-refractivity contribution in [2.75, 3.05) is 6.54 Å². The van der Waals surface area contributed by atoms with Crippen LogP contribution in [0.1, 0.15) is 58.9 Å². The normalized spacial score (nSPS) is 24.7. The van der Waals surface area contributed by atoms with Gasteiger partial charge in [-0.15, -0.1) is 11.3 Å². The highest BCUT2D eigenvalue weighted by Gasteiger charge is 2.26. The highest BCUT2D eigenvalue weighted by molar-refractivity contribution is 7.12. The molecule has 2 heteroatoms. The minimum atomic E-state index is 0.681. The van der Waals surface area contributed by atoms with Gasteiger partial charge in [-0.25, -0.2) is 0 Å². The average Bonchev–Trinajstić information content (AvgIpc) is 2.52. The van der Waals surface area contributed by atoms with Crippen molar-refractivity contribution >= 4 is 11.3 Å². The number of aryl methyl sites for hydroxylation is 1. The van der Waals surface area contributed by atoms with Gasteiger partial charge in [0, 0.05) is 15.7 Å². The summed E-state index contributed by atoms with van der Waals surface area (Å²) in [6, 6.07) is 0. The summed E-state index contributed by atoms with van der Waals surface area (Å²) < 4.78 is 0. The van der Waals surface area contributed by atoms with Gasteiger partial charge >= 0.3 is 0 Å². The molecule has 0 fully saturated rings. The summed E-state index contributed by atoms with van der Waals surface area (Å²) >= 11 is 2.10. The first kappa shape index (κ1) is 10.8. The van der Waals surface area contributed by atoms with Crippen LogP contribution in [0.25, 0.3) is 0 Å². The number of nitrogens with two attached hydrogens (primary N) is 1. The van der Waals surface area contributed by atoms with Crippen LogP contribution in [0.5, 0.6) is 0 Å². The fourth-order valence-corrected chi connectivity index (χ4v) is 4.90. The fourth-order valence-electron chi connectivity index (χ4n) is 3.31. The molecule has 2 aliphatic carbocycles. The van der Waals surface area contributed by atoms with E-state index in [4.69, 9.17) is 5.73 Å². The summed E-state index contributed by atoms with van der Waals surface area (Å²) in [4.78, 5) is 3.38. The Bertz CT molecular complexity index is 380. The molecule has 1 unspecified atom stereocenters. The van der Waals surface area contributed by atoms with Crippen LogP contribution in [0, 0.1) is 0 Å². The van der Waals surface area contributed by atoms with Crippen molar-refractivity contribution in [3.8, 4) is 0 Å². The van der Waals surface area contributed by atoms with Crippen molar-refractivity contribution in [1.82, 2.24) is 0 Å². The molecule has 1 heterocycles. The van der Waals surface area contributed by atoms with Gasteiger partial charge in [0.15, 0.2) is 0 Å². The number of thiophene rings is 1. The Hall–Kier alpha value is -0.340. The average molecular weight is 235 g/mol. The zero-order valence-electron chi connectivity index (χ0n) is 9.93. The SMILES string of the molecule is NCC1CCCc2c1sc1c2CCCCC1. The van der Waals surface area contributed by atoms with E-state index >= 15 is 0 Å². The zero-order chi connectivity index (χ0) is 11.0. The smallest absolute Gasteiger partial charge is 0.0127 e. The number of fused-ring (bicyclic) bond motifs is 3. The van der Waals surface area contributed by atoms with Gasteiger partial charge in [0.2, 0.25) is 0 Å². The molecule has 0 amide bonds. The van der Waals surface area contributed by atoms with Crippen molar-refractivity contribution in [2.24, 2.45) is 5.73 Å². The Balaban J connectivity index is 2.02. The molecule has 88 valence electrons. The molecule has 0 radical (unpaired) electrons. The molecule has 0 spiro atoms. The number of hydrogen-bond donors (Lipinski definition) is 1. The lowest BCUT2D eigenvalue weighted by Crippen LogP contribution is -2.16. The van der Waals surface area contributed by atoms with Crippen LogP contribution in [0.15, 0.2) is 0 Å². The van der Waals surface area contributed by atoms with Crippen molar-refractivity contribution in [3.63, 3.8) is 0 Å². The van der Waals surface area contributed by atoms with Crippen LogP contribution in [0.4, 0.5) is 0 Å². The molecule has 0 aliphatic heterocycles. The largest absolute Gasteiger partial charge is 0.330 e. The standard InChI is InChI=1S/C14H21NS/c15-9-10-5-4-7-12-11-6-2-1-3-8-13(11)16-14(10)12/h10H,1-9,15H2. The van der Waals surface area contributed by atoms with E-state index in [1.807, 2.05) is 0 Å². The van der Waals surface area contributed by atoms with Gasteiger partial charge in [0.05, 0.1) is 0 Å². The molecular formula is C14H21NS. The molecule has 1 aromatic rings. The van der Waals surface area contributed by atoms with Gasteiger partial charge in [-0.3, -0.25) is 0 Å². The van der Waals surface area contributed by atoms with E-state index in [0.717, 1.165) is 6.54 Å². The second-order valence-electron chi connectivity index (χ2n) is 5.23. The van der Waals surface area contributed by atoms with E-state index in [1.165, 1.54) is 51.4 Å². The first-order valence-electron chi connectivity index (χ1n) is 6.73. The third kappa shape index (κ3) is 1.72. The lowest BCUT2D eigenvalue weighted by atomic mass is 9.86. The lowest BCUT2D eigenvalue weighted by Gasteiger charge is -2.21. The van der Waals surface area contributed by atoms with E-state index in [-0.39, 0.29) is 0 Å². The maximum Gasteiger partial charge on any atom is 0.0127 e. The van der Waals surface area contributed by atoms with E-state index in [9.17, 15) is 0 Å². The van der Waals surface area contributed by atoms with Crippen molar-refractivity contribution in [3.05, 3.63) is 20.9 Å². The quantitative estimate of drug-likeness (QED) is 0.742. The Morgan fingerprint density at radius 1 is 1.00 bits per heavy atom. The summed E-state index contributed by atoms with van der Waals surface area (Å²) in [5.74, 6) is 0.681. The zero-order valence-corrected chi connectivity index (χ0v) is 10.7. The van der Waals surface area contributed by atoms with Gasteiger partial charge in [-0.2, -0.15) is 0 Å². The third-order valence-electron chi connectivity index (χ3n) is 4.20. The molecule has 16 heavy (non-hydrogen) atoms. The fraction of sp³-hybridized carbons (Fsp3) is 0.714. The summed E-state index contributed by atoms with van der Waals surface area (Å²) in [5.41, 5.74) is 9.39. The molecule has 1 atom stereocenters. The Kier molecular flexibility index (Phi) is 3.03. The molecule has 3 rings (SSSR count). The topological polar surface area (TPSA) is 26.0 Å². The number of hydrogen-bond acceptors (Lipinski definition) is 2. The molecule has 1 nitrogen and oxygen atoms in total. The van der Waals surface area contributed by atoms with Crippen LogP contribution < -0.4 is 5.73 Å². The molecule has 0 saturated carbocycles. The molecule has 2 aliphatic rings. The second kappa shape index (κ2) is 4.50. The monoisotopic (exact) mass is 235 g/mol. The van der Waals surface area contributed by atoms with Crippen molar-refractivity contribution in [2.45, 2.75) is 57.3 Å². The van der Waals surface area contributed by atoms with Crippen LogP contribution in [0.3, 0.4) is 0 Å². The second-order valence-corrected chi connectivity index (χ2v) is 6.37. The van der Waals surface area contributed by atoms with Crippen molar-refractivity contribution < 1.29 is 0 Å².